The Balaban J connectivity index is 1.44. The second-order valence-electron chi connectivity index (χ2n) is 15.1. The summed E-state index contributed by atoms with van der Waals surface area (Å²) in [5.41, 5.74) is 7.70. The highest BCUT2D eigenvalue weighted by atomic mass is 32.2. The van der Waals surface area contributed by atoms with Gasteiger partial charge in [0.15, 0.2) is 5.75 Å². The molecular formula is C46H42N4O10S3. The predicted molar refractivity (Wildman–Crippen MR) is 243 cm³/mol. The molecule has 0 fully saturated rings. The third-order valence-corrected chi connectivity index (χ3v) is 13.4. The van der Waals surface area contributed by atoms with Crippen molar-refractivity contribution in [1.82, 2.24) is 19.9 Å². The minimum atomic E-state index is -4.51. The smallest absolute Gasteiger partial charge is 0.294 e. The summed E-state index contributed by atoms with van der Waals surface area (Å²) in [5, 5.41) is 0. The highest BCUT2D eigenvalue weighted by Gasteiger charge is 2.21. The molecule has 0 radical (unpaired) electrons. The van der Waals surface area contributed by atoms with Crippen molar-refractivity contribution < 1.29 is 43.6 Å². The summed E-state index contributed by atoms with van der Waals surface area (Å²) in [6, 6.07) is 24.6. The van der Waals surface area contributed by atoms with E-state index in [4.69, 9.17) is 14.7 Å². The topological polar surface area (TPSA) is 230 Å². The van der Waals surface area contributed by atoms with Gasteiger partial charge in [-0.1, -0.05) is 75.4 Å². The van der Waals surface area contributed by atoms with Crippen molar-refractivity contribution >= 4 is 76.7 Å². The molecule has 17 heteroatoms. The van der Waals surface area contributed by atoms with Crippen LogP contribution in [0, 0.1) is 0 Å². The van der Waals surface area contributed by atoms with Gasteiger partial charge < -0.3 is 14.7 Å². The molecule has 63 heavy (non-hydrogen) atoms. The molecule has 0 saturated heterocycles. The molecule has 324 valence electrons. The van der Waals surface area contributed by atoms with E-state index in [2.05, 4.69) is 16.9 Å². The van der Waals surface area contributed by atoms with Crippen molar-refractivity contribution in [3.63, 3.8) is 0 Å². The van der Waals surface area contributed by atoms with E-state index in [9.17, 15) is 38.9 Å². The van der Waals surface area contributed by atoms with Crippen LogP contribution >= 0.6 is 0 Å². The van der Waals surface area contributed by atoms with E-state index in [0.717, 1.165) is 32.1 Å². The maximum Gasteiger partial charge on any atom is 0.294 e. The molecular weight excluding hydrogens is 865 g/mol. The average Bonchev–Trinajstić information content (AvgIpc) is 4.09. The Labute approximate surface area is 364 Å². The van der Waals surface area contributed by atoms with E-state index in [1.807, 2.05) is 36.4 Å². The minimum Gasteiger partial charge on any atom is -0.489 e. The monoisotopic (exact) mass is 906 g/mol. The first-order chi connectivity index (χ1) is 30.1. The van der Waals surface area contributed by atoms with Crippen LogP contribution in [-0.2, 0) is 30.4 Å². The van der Waals surface area contributed by atoms with Gasteiger partial charge in [-0.05, 0) is 108 Å². The predicted octanol–water partition coefficient (Wildman–Crippen LogP) is 10.1. The highest BCUT2D eigenvalue weighted by molar-refractivity contribution is 7.86. The molecule has 8 rings (SSSR count). The number of hydrogen-bond acceptors (Lipinski definition) is 9. The molecule has 3 aromatic carbocycles. The van der Waals surface area contributed by atoms with Crippen LogP contribution in [0.3, 0.4) is 0 Å². The number of aromatic nitrogens is 4. The molecule has 0 amide bonds. The quantitative estimate of drug-likeness (QED) is 0.0507. The van der Waals surface area contributed by atoms with Gasteiger partial charge in [0.05, 0.1) is 43.9 Å². The number of nitrogens with zero attached hydrogens (tertiary/aromatic N) is 2. The molecule has 0 unspecified atom stereocenters. The molecule has 5 heterocycles. The summed E-state index contributed by atoms with van der Waals surface area (Å²) in [4.78, 5) is 16.3. The molecule has 0 atom stereocenters. The summed E-state index contributed by atoms with van der Waals surface area (Å²) >= 11 is 0. The van der Waals surface area contributed by atoms with Crippen LogP contribution in [0.25, 0.3) is 79.8 Å². The van der Waals surface area contributed by atoms with Crippen LogP contribution in [0.1, 0.15) is 68.2 Å². The zero-order chi connectivity index (χ0) is 44.5. The summed E-state index contributed by atoms with van der Waals surface area (Å²) in [6.07, 6.45) is 13.6. The van der Waals surface area contributed by atoms with Gasteiger partial charge in [-0.2, -0.15) is 25.3 Å². The molecule has 2 aliphatic rings. The first-order valence-electron chi connectivity index (χ1n) is 20.1. The Hall–Kier alpha value is -6.21. The van der Waals surface area contributed by atoms with Gasteiger partial charge >= 0.3 is 0 Å². The molecule has 0 spiro atoms. The molecule has 5 N–H and O–H groups in total. The molecule has 6 aromatic rings. The number of aromatic amines is 2. The van der Waals surface area contributed by atoms with Gasteiger partial charge in [0.2, 0.25) is 0 Å². The second-order valence-corrected chi connectivity index (χ2v) is 19.3. The van der Waals surface area contributed by atoms with E-state index in [0.29, 0.717) is 90.6 Å². The van der Waals surface area contributed by atoms with Crippen LogP contribution in [0.15, 0.2) is 112 Å². The van der Waals surface area contributed by atoms with Crippen molar-refractivity contribution in [2.45, 2.75) is 60.1 Å². The highest BCUT2D eigenvalue weighted by Crippen LogP contribution is 2.38. The zero-order valence-electron chi connectivity index (χ0n) is 33.8. The minimum absolute atomic E-state index is 0.280. The van der Waals surface area contributed by atoms with Gasteiger partial charge in [-0.25, -0.2) is 9.97 Å². The molecule has 2 aliphatic heterocycles. The van der Waals surface area contributed by atoms with Crippen molar-refractivity contribution in [3.05, 3.63) is 120 Å². The first kappa shape index (κ1) is 43.4. The Morgan fingerprint density at radius 2 is 0.778 bits per heavy atom. The van der Waals surface area contributed by atoms with Crippen LogP contribution in [0.4, 0.5) is 0 Å². The normalized spacial score (nSPS) is 12.8. The number of nitrogens with one attached hydrogen (secondary N) is 2. The van der Waals surface area contributed by atoms with Gasteiger partial charge in [0.25, 0.3) is 30.4 Å². The Kier molecular flexibility index (Phi) is 12.1. The largest absolute Gasteiger partial charge is 0.489 e. The van der Waals surface area contributed by atoms with E-state index in [-0.39, 0.29) is 14.7 Å². The standard InChI is InChI=1S/C46H42N4O10S3/c1-2-3-4-5-6-7-28-60-46-41-26-24-39(49-41)44(30-10-16-33(17-11-30)62(54,55)56)37-22-20-35(47-37)43(29-8-14-32(15-9-29)61(51,52)53)36-21-23-38(48-36)45(40-25-27-42(46)50-40)31-12-18-34(19-13-31)63(57,58)59/h8-27,47,50H,2-7,28H2,1H3,(H,51,52,53)(H,54,55,56)(H,57,58,59). The van der Waals surface area contributed by atoms with Crippen LogP contribution in [-0.4, -0.2) is 65.5 Å². The van der Waals surface area contributed by atoms with Crippen molar-refractivity contribution in [2.75, 3.05) is 6.61 Å². The van der Waals surface area contributed by atoms with E-state index < -0.39 is 30.4 Å². The SMILES string of the molecule is CCCCCCCCOc1c2nc(c(-c3ccc(S(=O)(=O)O)cc3)c3ccc([nH]3)c(-c3ccc(S(=O)(=O)O)cc3)c3nc(c(-c4ccc(S(=O)(=O)O)cc4)c4ccc1[nH]4)C=C3)C=C2. The van der Waals surface area contributed by atoms with Crippen molar-refractivity contribution in [1.29, 1.82) is 0 Å². The van der Waals surface area contributed by atoms with E-state index >= 15 is 0 Å². The number of hydrogen-bond donors (Lipinski definition) is 5. The lowest BCUT2D eigenvalue weighted by atomic mass is 10.0. The third kappa shape index (κ3) is 9.44. The van der Waals surface area contributed by atoms with Crippen LogP contribution in [0.2, 0.25) is 0 Å². The molecule has 0 saturated carbocycles. The fourth-order valence-corrected chi connectivity index (χ4v) is 9.12. The molecule has 3 aromatic heterocycles. The molecule has 14 nitrogen and oxygen atoms in total. The van der Waals surface area contributed by atoms with Crippen LogP contribution in [0.5, 0.6) is 5.75 Å². The number of rotatable bonds is 14. The van der Waals surface area contributed by atoms with Crippen molar-refractivity contribution in [2.24, 2.45) is 0 Å². The first-order valence-corrected chi connectivity index (χ1v) is 24.4. The van der Waals surface area contributed by atoms with Crippen LogP contribution < -0.4 is 4.74 Å². The number of H-pyrrole nitrogens is 2. The summed E-state index contributed by atoms with van der Waals surface area (Å²) < 4.78 is 108. The zero-order valence-corrected chi connectivity index (χ0v) is 36.3. The number of ether oxygens (including phenoxy) is 1. The third-order valence-electron chi connectivity index (χ3n) is 10.8. The molecule has 0 aliphatic carbocycles. The van der Waals surface area contributed by atoms with E-state index in [1.54, 1.807) is 48.6 Å². The lowest BCUT2D eigenvalue weighted by molar-refractivity contribution is 0.306. The Morgan fingerprint density at radius 3 is 1.17 bits per heavy atom. The summed E-state index contributed by atoms with van der Waals surface area (Å²) in [5.74, 6) is 0.475. The second kappa shape index (κ2) is 17.5. The van der Waals surface area contributed by atoms with Gasteiger partial charge in [-0.15, -0.1) is 0 Å². The number of benzene rings is 3. The van der Waals surface area contributed by atoms with Gasteiger partial charge in [0.1, 0.15) is 5.69 Å². The maximum atomic E-state index is 12.0. The fraction of sp³-hybridized carbons (Fsp3) is 0.174. The lowest BCUT2D eigenvalue weighted by Gasteiger charge is -2.09. The summed E-state index contributed by atoms with van der Waals surface area (Å²) in [6.45, 7) is 2.59. The summed E-state index contributed by atoms with van der Waals surface area (Å²) in [7, 11) is -13.5. The molecule has 8 bridgehead atoms. The fourth-order valence-electron chi connectivity index (χ4n) is 7.68. The maximum absolute atomic E-state index is 12.0. The number of fused-ring (bicyclic) bond motifs is 8. The van der Waals surface area contributed by atoms with E-state index in [1.165, 1.54) is 42.8 Å². The Morgan fingerprint density at radius 1 is 0.444 bits per heavy atom. The van der Waals surface area contributed by atoms with Gasteiger partial charge in [-0.3, -0.25) is 13.7 Å². The van der Waals surface area contributed by atoms with Crippen molar-refractivity contribution in [3.8, 4) is 39.1 Å². The average molecular weight is 907 g/mol. The van der Waals surface area contributed by atoms with Gasteiger partial charge in [0, 0.05) is 33.2 Å². The number of unbranched alkanes of at least 4 members (excludes halogenated alkanes) is 5. The lowest BCUT2D eigenvalue weighted by Crippen LogP contribution is -1.99. The Bertz CT molecular complexity index is 3230.